The Morgan fingerprint density at radius 3 is 2.62 bits per heavy atom. The van der Waals surface area contributed by atoms with E-state index < -0.39 is 6.10 Å². The maximum absolute atomic E-state index is 12.6. The molecule has 1 aromatic rings. The molecule has 7 heteroatoms. The second-order valence-corrected chi connectivity index (χ2v) is 7.40. The lowest BCUT2D eigenvalue weighted by Gasteiger charge is -2.35. The van der Waals surface area contributed by atoms with Gasteiger partial charge >= 0.3 is 0 Å². The minimum atomic E-state index is -0.544. The van der Waals surface area contributed by atoms with Gasteiger partial charge in [0.25, 0.3) is 5.91 Å². The van der Waals surface area contributed by atoms with Crippen LogP contribution in [0.5, 0.6) is 5.75 Å². The number of carbonyl (C=O) groups excluding carboxylic acids is 1. The molecule has 2 heterocycles. The number of benzene rings is 1. The summed E-state index contributed by atoms with van der Waals surface area (Å²) in [4.78, 5) is 14.5. The summed E-state index contributed by atoms with van der Waals surface area (Å²) in [6.45, 7) is 4.54. The number of amides is 1. The third kappa shape index (κ3) is 4.23. The van der Waals surface area contributed by atoms with Gasteiger partial charge in [0.05, 0.1) is 17.7 Å². The molecule has 1 amide bonds. The quantitative estimate of drug-likeness (QED) is 0.751. The van der Waals surface area contributed by atoms with Crippen LogP contribution < -0.4 is 4.74 Å². The van der Waals surface area contributed by atoms with Gasteiger partial charge in [-0.2, -0.15) is 0 Å². The van der Waals surface area contributed by atoms with E-state index >= 15 is 0 Å². The van der Waals surface area contributed by atoms with Crippen LogP contribution in [0.2, 0.25) is 5.02 Å². The van der Waals surface area contributed by atoms with Gasteiger partial charge in [-0.3, -0.25) is 4.79 Å². The van der Waals surface area contributed by atoms with Crippen molar-refractivity contribution in [1.29, 1.82) is 0 Å². The Hall–Kier alpha value is -0.820. The third-order valence-electron chi connectivity index (χ3n) is 4.43. The summed E-state index contributed by atoms with van der Waals surface area (Å²) < 4.78 is 17.7. The number of ether oxygens (including phenoxy) is 3. The molecular formula is C17H21BrClNO4. The zero-order valence-electron chi connectivity index (χ0n) is 13.5. The number of nitrogens with zero attached hydrogens (tertiary/aromatic N) is 1. The van der Waals surface area contributed by atoms with Crippen molar-refractivity contribution in [3.63, 3.8) is 0 Å². The van der Waals surface area contributed by atoms with Crippen LogP contribution >= 0.6 is 27.5 Å². The van der Waals surface area contributed by atoms with E-state index in [9.17, 15) is 4.79 Å². The van der Waals surface area contributed by atoms with Gasteiger partial charge in [-0.1, -0.05) is 11.6 Å². The lowest BCUT2D eigenvalue weighted by Crippen LogP contribution is -2.46. The van der Waals surface area contributed by atoms with Gasteiger partial charge in [-0.25, -0.2) is 0 Å². The molecule has 5 nitrogen and oxygen atoms in total. The summed E-state index contributed by atoms with van der Waals surface area (Å²) in [6, 6.07) is 5.25. The molecule has 1 atom stereocenters. The second-order valence-electron chi connectivity index (χ2n) is 6.11. The van der Waals surface area contributed by atoms with Crippen molar-refractivity contribution in [2.24, 2.45) is 5.92 Å². The van der Waals surface area contributed by atoms with E-state index in [1.165, 1.54) is 0 Å². The number of hydrogen-bond acceptors (Lipinski definition) is 4. The van der Waals surface area contributed by atoms with Crippen molar-refractivity contribution in [2.75, 3.05) is 26.3 Å². The van der Waals surface area contributed by atoms with Crippen LogP contribution in [-0.4, -0.2) is 49.5 Å². The lowest BCUT2D eigenvalue weighted by atomic mass is 9.96. The standard InChI is InChI=1S/C17H21BrClNO4/c1-11(24-15-3-2-13(19)10-14(15)18)16(21)20-6-4-12(5-7-20)17-22-8-9-23-17/h2-3,10-12,17H,4-9H2,1H3. The summed E-state index contributed by atoms with van der Waals surface area (Å²) >= 11 is 9.33. The first-order chi connectivity index (χ1) is 11.5. The molecule has 0 saturated carbocycles. The van der Waals surface area contributed by atoms with Gasteiger partial charge in [0, 0.05) is 24.0 Å². The highest BCUT2D eigenvalue weighted by Crippen LogP contribution is 2.30. The van der Waals surface area contributed by atoms with E-state index in [2.05, 4.69) is 15.9 Å². The maximum Gasteiger partial charge on any atom is 0.263 e. The predicted octanol–water partition coefficient (Wildman–Crippen LogP) is 3.48. The number of piperidine rings is 1. The zero-order chi connectivity index (χ0) is 17.1. The van der Waals surface area contributed by atoms with Crippen LogP contribution in [0.25, 0.3) is 0 Å². The van der Waals surface area contributed by atoms with E-state index in [1.54, 1.807) is 25.1 Å². The summed E-state index contributed by atoms with van der Waals surface area (Å²) in [5.74, 6) is 0.990. The van der Waals surface area contributed by atoms with Crippen LogP contribution in [0.3, 0.4) is 0 Å². The second kappa shape index (κ2) is 8.04. The first kappa shape index (κ1) is 18.0. The third-order valence-corrected chi connectivity index (χ3v) is 5.28. The molecule has 0 N–H and O–H groups in total. The fraction of sp³-hybridized carbons (Fsp3) is 0.588. The molecule has 1 aromatic carbocycles. The Kier molecular flexibility index (Phi) is 6.02. The largest absolute Gasteiger partial charge is 0.480 e. The number of likely N-dealkylation sites (tertiary alicyclic amines) is 1. The molecule has 0 spiro atoms. The van der Waals surface area contributed by atoms with Crippen LogP contribution in [0.1, 0.15) is 19.8 Å². The highest BCUT2D eigenvalue weighted by atomic mass is 79.9. The monoisotopic (exact) mass is 417 g/mol. The van der Waals surface area contributed by atoms with E-state index in [0.717, 1.165) is 17.3 Å². The first-order valence-corrected chi connectivity index (χ1v) is 9.35. The van der Waals surface area contributed by atoms with Crippen molar-refractivity contribution in [3.05, 3.63) is 27.7 Å². The molecule has 0 aromatic heterocycles. The van der Waals surface area contributed by atoms with Crippen molar-refractivity contribution in [3.8, 4) is 5.75 Å². The molecule has 132 valence electrons. The molecule has 2 fully saturated rings. The van der Waals surface area contributed by atoms with E-state index in [0.29, 0.717) is 43.0 Å². The molecule has 24 heavy (non-hydrogen) atoms. The molecule has 0 aliphatic carbocycles. The Morgan fingerprint density at radius 2 is 2.00 bits per heavy atom. The fourth-order valence-corrected chi connectivity index (χ4v) is 3.89. The van der Waals surface area contributed by atoms with E-state index in [-0.39, 0.29) is 12.2 Å². The smallest absolute Gasteiger partial charge is 0.263 e. The molecule has 3 rings (SSSR count). The summed E-state index contributed by atoms with van der Waals surface area (Å²) in [5, 5.41) is 0.617. The molecule has 2 saturated heterocycles. The number of carbonyl (C=O) groups is 1. The highest BCUT2D eigenvalue weighted by Gasteiger charge is 2.33. The molecule has 0 radical (unpaired) electrons. The van der Waals surface area contributed by atoms with Crippen molar-refractivity contribution in [1.82, 2.24) is 4.90 Å². The van der Waals surface area contributed by atoms with Gasteiger partial charge in [0.15, 0.2) is 12.4 Å². The molecular weight excluding hydrogens is 398 g/mol. The lowest BCUT2D eigenvalue weighted by molar-refractivity contribution is -0.143. The summed E-state index contributed by atoms with van der Waals surface area (Å²) in [6.07, 6.45) is 1.15. The molecule has 1 unspecified atom stereocenters. The number of rotatable bonds is 4. The minimum Gasteiger partial charge on any atom is -0.480 e. The molecule has 2 aliphatic heterocycles. The van der Waals surface area contributed by atoms with Gasteiger partial charge in [0.2, 0.25) is 0 Å². The van der Waals surface area contributed by atoms with Crippen LogP contribution in [0, 0.1) is 5.92 Å². The number of hydrogen-bond donors (Lipinski definition) is 0. The van der Waals surface area contributed by atoms with Gasteiger partial charge in [0.1, 0.15) is 5.75 Å². The number of halogens is 2. The zero-order valence-corrected chi connectivity index (χ0v) is 15.9. The van der Waals surface area contributed by atoms with Gasteiger partial charge in [-0.15, -0.1) is 0 Å². The summed E-state index contributed by atoms with van der Waals surface area (Å²) in [7, 11) is 0. The predicted molar refractivity (Wildman–Crippen MR) is 94.2 cm³/mol. The van der Waals surface area contributed by atoms with E-state index in [4.69, 9.17) is 25.8 Å². The normalized spacial score (nSPS) is 21.0. The Morgan fingerprint density at radius 1 is 1.33 bits per heavy atom. The molecule has 2 aliphatic rings. The SMILES string of the molecule is CC(Oc1ccc(Cl)cc1Br)C(=O)N1CCC(C2OCCO2)CC1. The topological polar surface area (TPSA) is 48.0 Å². The van der Waals surface area contributed by atoms with Crippen molar-refractivity contribution in [2.45, 2.75) is 32.2 Å². The van der Waals surface area contributed by atoms with Gasteiger partial charge < -0.3 is 19.1 Å². The highest BCUT2D eigenvalue weighted by molar-refractivity contribution is 9.10. The Balaban J connectivity index is 1.52. The van der Waals surface area contributed by atoms with Crippen LogP contribution in [0.15, 0.2) is 22.7 Å². The Bertz CT molecular complexity index is 586. The average Bonchev–Trinajstić information content (AvgIpc) is 3.11. The van der Waals surface area contributed by atoms with E-state index in [1.807, 2.05) is 4.90 Å². The minimum absolute atomic E-state index is 0.00330. The van der Waals surface area contributed by atoms with Crippen molar-refractivity contribution < 1.29 is 19.0 Å². The average molecular weight is 419 g/mol. The fourth-order valence-electron chi connectivity index (χ4n) is 3.11. The van der Waals surface area contributed by atoms with Crippen molar-refractivity contribution >= 4 is 33.4 Å². The maximum atomic E-state index is 12.6. The Labute approximate surface area is 155 Å². The van der Waals surface area contributed by atoms with Crippen LogP contribution in [-0.2, 0) is 14.3 Å². The molecule has 0 bridgehead atoms. The van der Waals surface area contributed by atoms with Gasteiger partial charge in [-0.05, 0) is 53.9 Å². The first-order valence-electron chi connectivity index (χ1n) is 8.18. The van der Waals surface area contributed by atoms with Crippen LogP contribution in [0.4, 0.5) is 0 Å². The summed E-state index contributed by atoms with van der Waals surface area (Å²) in [5.41, 5.74) is 0.